The second-order valence-corrected chi connectivity index (χ2v) is 9.87. The minimum absolute atomic E-state index is 0.193. The van der Waals surface area contributed by atoms with Crippen molar-refractivity contribution in [3.63, 3.8) is 0 Å². The number of hydrogen-bond donors (Lipinski definition) is 0. The van der Waals surface area contributed by atoms with Crippen LogP contribution in [0, 0.1) is 6.92 Å². The van der Waals surface area contributed by atoms with E-state index < -0.39 is 0 Å². The van der Waals surface area contributed by atoms with Crippen LogP contribution in [-0.2, 0) is 11.4 Å². The van der Waals surface area contributed by atoms with Gasteiger partial charge in [0.2, 0.25) is 17.1 Å². The number of fused-ring (bicyclic) bond motifs is 2. The summed E-state index contributed by atoms with van der Waals surface area (Å²) in [5, 5.41) is 1.04. The molecule has 1 aromatic heterocycles. The molecule has 4 aromatic carbocycles. The number of ether oxygens (including phenoxy) is 1. The van der Waals surface area contributed by atoms with Crippen LogP contribution < -0.4 is 14.3 Å². The molecule has 6 heteroatoms. The van der Waals surface area contributed by atoms with E-state index in [-0.39, 0.29) is 10.6 Å². The van der Waals surface area contributed by atoms with Crippen molar-refractivity contribution in [2.45, 2.75) is 34.2 Å². The van der Waals surface area contributed by atoms with Crippen LogP contribution in [0.1, 0.15) is 36.8 Å². The Hall–Kier alpha value is -4.55. The van der Waals surface area contributed by atoms with Crippen molar-refractivity contribution in [2.75, 3.05) is 18.1 Å². The van der Waals surface area contributed by atoms with Gasteiger partial charge in [0.15, 0.2) is 5.75 Å². The average molecular weight is 533 g/mol. The van der Waals surface area contributed by atoms with Crippen LogP contribution in [0.3, 0.4) is 0 Å². The van der Waals surface area contributed by atoms with Gasteiger partial charge in [-0.3, -0.25) is 4.84 Å². The standard InChI is InChI=1S/C34H34N3O3/c1-5-35-24(4)33(27-17-11-13-19-29(27)35)37(30-20-14-12-18-28(30)34(38)40-37)31-22-21-26(23-32(31)39-7-3)36(6-2)25-15-9-8-10-16-25/h8-23H,5-7H2,1-4H3/q+1. The van der Waals surface area contributed by atoms with Crippen molar-refractivity contribution in [2.24, 2.45) is 0 Å². The normalized spacial score (nSPS) is 16.1. The first-order valence-corrected chi connectivity index (χ1v) is 14.0. The molecule has 2 heterocycles. The van der Waals surface area contributed by atoms with Gasteiger partial charge in [-0.15, -0.1) is 0 Å². The topological polar surface area (TPSA) is 43.7 Å². The van der Waals surface area contributed by atoms with Gasteiger partial charge in [-0.05, 0) is 68.7 Å². The summed E-state index contributed by atoms with van der Waals surface area (Å²) in [6, 6.07) is 32.5. The fourth-order valence-electron chi connectivity index (χ4n) is 6.15. The molecule has 1 unspecified atom stereocenters. The van der Waals surface area contributed by atoms with E-state index in [9.17, 15) is 4.79 Å². The Balaban J connectivity index is 1.67. The van der Waals surface area contributed by atoms with Crippen molar-refractivity contribution in [3.05, 3.63) is 108 Å². The highest BCUT2D eigenvalue weighted by Gasteiger charge is 2.55. The minimum atomic E-state index is -0.352. The van der Waals surface area contributed by atoms with Gasteiger partial charge in [0.1, 0.15) is 5.56 Å². The fourth-order valence-corrected chi connectivity index (χ4v) is 6.15. The van der Waals surface area contributed by atoms with Gasteiger partial charge in [-0.2, -0.15) is 0 Å². The SMILES string of the molecule is CCOc1cc(N(CC)c2ccccc2)ccc1[N+]1(c2c(C)n(CC)c3ccccc23)OC(=O)c2ccccc21. The zero-order chi connectivity index (χ0) is 27.9. The monoisotopic (exact) mass is 532 g/mol. The Morgan fingerprint density at radius 1 is 0.825 bits per heavy atom. The van der Waals surface area contributed by atoms with E-state index in [1.807, 2.05) is 55.5 Å². The predicted octanol–water partition coefficient (Wildman–Crippen LogP) is 8.58. The van der Waals surface area contributed by atoms with Gasteiger partial charge in [-0.25, -0.2) is 4.79 Å². The first-order valence-electron chi connectivity index (χ1n) is 14.0. The molecule has 6 nitrogen and oxygen atoms in total. The first kappa shape index (κ1) is 25.7. The maximum absolute atomic E-state index is 13.5. The summed E-state index contributed by atoms with van der Waals surface area (Å²) in [6.45, 7) is 10.4. The molecule has 6 rings (SSSR count). The fraction of sp³-hybridized carbons (Fsp3) is 0.206. The van der Waals surface area contributed by atoms with E-state index in [1.165, 1.54) is 0 Å². The molecule has 202 valence electrons. The molecule has 0 fully saturated rings. The third-order valence-electron chi connectivity index (χ3n) is 7.79. The molecule has 1 aliphatic rings. The molecule has 0 spiro atoms. The summed E-state index contributed by atoms with van der Waals surface area (Å²) >= 11 is 0. The van der Waals surface area contributed by atoms with Gasteiger partial charge >= 0.3 is 5.97 Å². The van der Waals surface area contributed by atoms with Gasteiger partial charge in [0.05, 0.1) is 23.2 Å². The zero-order valence-electron chi connectivity index (χ0n) is 23.4. The average Bonchev–Trinajstić information content (AvgIpc) is 3.45. The highest BCUT2D eigenvalue weighted by atomic mass is 16.8. The summed E-state index contributed by atoms with van der Waals surface area (Å²) in [4.78, 5) is 22.3. The molecule has 0 saturated heterocycles. The number of anilines is 2. The van der Waals surface area contributed by atoms with Gasteiger partial charge in [0.25, 0.3) is 0 Å². The Morgan fingerprint density at radius 2 is 1.55 bits per heavy atom. The van der Waals surface area contributed by atoms with E-state index >= 15 is 0 Å². The zero-order valence-corrected chi connectivity index (χ0v) is 23.4. The molecule has 0 N–H and O–H groups in total. The summed E-state index contributed by atoms with van der Waals surface area (Å²) in [5.74, 6) is 0.320. The number of nitrogens with zero attached hydrogens (tertiary/aromatic N) is 3. The van der Waals surface area contributed by atoms with Crippen molar-refractivity contribution >= 4 is 45.3 Å². The van der Waals surface area contributed by atoms with Crippen LogP contribution in [-0.4, -0.2) is 23.7 Å². The number of quaternary nitrogens is 1. The number of carbonyl (C=O) groups is 1. The summed E-state index contributed by atoms with van der Waals surface area (Å²) in [7, 11) is 0. The predicted molar refractivity (Wildman–Crippen MR) is 162 cm³/mol. The number of benzene rings is 4. The van der Waals surface area contributed by atoms with Crippen molar-refractivity contribution in [1.29, 1.82) is 0 Å². The number of carbonyl (C=O) groups excluding carboxylic acids is 1. The van der Waals surface area contributed by atoms with Crippen LogP contribution in [0.5, 0.6) is 5.75 Å². The Morgan fingerprint density at radius 3 is 2.30 bits per heavy atom. The first-order chi connectivity index (χ1) is 19.5. The van der Waals surface area contributed by atoms with E-state index in [0.717, 1.165) is 58.1 Å². The molecule has 0 bridgehead atoms. The van der Waals surface area contributed by atoms with Crippen LogP contribution in [0.2, 0.25) is 0 Å². The lowest BCUT2D eigenvalue weighted by molar-refractivity contribution is -0.0148. The minimum Gasteiger partial charge on any atom is -0.488 e. The number of hydrogen-bond acceptors (Lipinski definition) is 4. The summed E-state index contributed by atoms with van der Waals surface area (Å²) < 4.78 is 8.45. The lowest BCUT2D eigenvalue weighted by Gasteiger charge is -2.31. The second-order valence-electron chi connectivity index (χ2n) is 9.87. The molecule has 5 aromatic rings. The number of aryl methyl sites for hydroxylation is 1. The Bertz CT molecular complexity index is 1710. The van der Waals surface area contributed by atoms with E-state index in [1.54, 1.807) is 0 Å². The Labute approximate surface area is 235 Å². The molecule has 40 heavy (non-hydrogen) atoms. The lowest BCUT2D eigenvalue weighted by atomic mass is 10.1. The molecular formula is C34H34N3O3+. The van der Waals surface area contributed by atoms with Crippen LogP contribution in [0.15, 0.2) is 97.1 Å². The summed E-state index contributed by atoms with van der Waals surface area (Å²) in [6.07, 6.45) is 0. The summed E-state index contributed by atoms with van der Waals surface area (Å²) in [5.41, 5.74) is 7.26. The quantitative estimate of drug-likeness (QED) is 0.188. The second kappa shape index (κ2) is 10.2. The van der Waals surface area contributed by atoms with Gasteiger partial charge in [-0.1, -0.05) is 42.5 Å². The highest BCUT2D eigenvalue weighted by Crippen LogP contribution is 2.57. The molecule has 0 saturated carbocycles. The molecular weight excluding hydrogens is 498 g/mol. The van der Waals surface area contributed by atoms with Crippen molar-refractivity contribution in [1.82, 2.24) is 9.21 Å². The molecule has 0 radical (unpaired) electrons. The maximum atomic E-state index is 13.5. The van der Waals surface area contributed by atoms with Crippen LogP contribution >= 0.6 is 0 Å². The molecule has 1 atom stereocenters. The number of para-hydroxylation sites is 3. The number of rotatable bonds is 8. The largest absolute Gasteiger partial charge is 0.488 e. The van der Waals surface area contributed by atoms with E-state index in [0.29, 0.717) is 17.9 Å². The third kappa shape index (κ3) is 3.79. The highest BCUT2D eigenvalue weighted by molar-refractivity contribution is 6.06. The van der Waals surface area contributed by atoms with Gasteiger partial charge < -0.3 is 14.2 Å². The van der Waals surface area contributed by atoms with Gasteiger partial charge in [0, 0.05) is 42.7 Å². The number of aromatic nitrogens is 1. The Kier molecular flexibility index (Phi) is 6.56. The molecule has 1 aliphatic heterocycles. The maximum Gasteiger partial charge on any atom is 0.405 e. The molecule has 0 aliphatic carbocycles. The van der Waals surface area contributed by atoms with Crippen molar-refractivity contribution < 1.29 is 14.4 Å². The van der Waals surface area contributed by atoms with Crippen molar-refractivity contribution in [3.8, 4) is 5.75 Å². The lowest BCUT2D eigenvalue weighted by Crippen LogP contribution is -2.37. The van der Waals surface area contributed by atoms with E-state index in [2.05, 4.69) is 78.8 Å². The molecule has 0 amide bonds. The third-order valence-corrected chi connectivity index (χ3v) is 7.79. The van der Waals surface area contributed by atoms with Crippen LogP contribution in [0.4, 0.5) is 28.4 Å². The smallest absolute Gasteiger partial charge is 0.405 e. The van der Waals surface area contributed by atoms with Crippen LogP contribution in [0.25, 0.3) is 10.9 Å². The van der Waals surface area contributed by atoms with E-state index in [4.69, 9.17) is 9.57 Å².